The van der Waals surface area contributed by atoms with Gasteiger partial charge in [0.25, 0.3) is 5.91 Å². The second-order valence-electron chi connectivity index (χ2n) is 7.22. The van der Waals surface area contributed by atoms with E-state index in [2.05, 4.69) is 48.5 Å². The number of fused-ring (bicyclic) bond motifs is 2. The van der Waals surface area contributed by atoms with E-state index in [1.807, 2.05) is 12.1 Å². The summed E-state index contributed by atoms with van der Waals surface area (Å²) in [4.78, 5) is 15.0. The molecule has 1 aliphatic heterocycles. The Labute approximate surface area is 167 Å². The fraction of sp³-hybridized carbons (Fsp3) is 0.286. The van der Waals surface area contributed by atoms with Crippen LogP contribution < -0.4 is 5.32 Å². The lowest BCUT2D eigenvalue weighted by Crippen LogP contribution is -2.38. The Morgan fingerprint density at radius 2 is 1.90 bits per heavy atom. The monoisotopic (exact) mass is 390 g/mol. The SMILES string of the molecule is O=C(Nc1ccc2c(ccn2CCN2CCOCC2)c1)c1ccc2n[nH]nc2c1. The van der Waals surface area contributed by atoms with Gasteiger partial charge in [-0.1, -0.05) is 0 Å². The Kier molecular flexibility index (Phi) is 4.71. The fourth-order valence-corrected chi connectivity index (χ4v) is 3.73. The van der Waals surface area contributed by atoms with Gasteiger partial charge in [-0.15, -0.1) is 0 Å². The van der Waals surface area contributed by atoms with E-state index in [-0.39, 0.29) is 5.91 Å². The minimum atomic E-state index is -0.166. The third-order valence-electron chi connectivity index (χ3n) is 5.37. The van der Waals surface area contributed by atoms with Crippen molar-refractivity contribution in [2.45, 2.75) is 6.54 Å². The molecule has 4 aromatic rings. The number of aromatic amines is 1. The van der Waals surface area contributed by atoms with Crippen LogP contribution in [-0.4, -0.2) is 63.6 Å². The molecule has 0 saturated carbocycles. The van der Waals surface area contributed by atoms with Crippen LogP contribution in [0.4, 0.5) is 5.69 Å². The summed E-state index contributed by atoms with van der Waals surface area (Å²) in [7, 11) is 0. The zero-order chi connectivity index (χ0) is 19.6. The zero-order valence-corrected chi connectivity index (χ0v) is 16.0. The van der Waals surface area contributed by atoms with Crippen LogP contribution in [0.1, 0.15) is 10.4 Å². The van der Waals surface area contributed by atoms with Gasteiger partial charge in [0.15, 0.2) is 0 Å². The molecule has 148 valence electrons. The van der Waals surface area contributed by atoms with Crippen LogP contribution in [0, 0.1) is 0 Å². The van der Waals surface area contributed by atoms with Gasteiger partial charge in [-0.25, -0.2) is 0 Å². The number of carbonyl (C=O) groups excluding carboxylic acids is 1. The molecule has 5 rings (SSSR count). The number of benzene rings is 2. The highest BCUT2D eigenvalue weighted by Crippen LogP contribution is 2.22. The summed E-state index contributed by atoms with van der Waals surface area (Å²) in [5.74, 6) is -0.166. The van der Waals surface area contributed by atoms with E-state index in [1.165, 1.54) is 5.52 Å². The number of amides is 1. The van der Waals surface area contributed by atoms with Gasteiger partial charge < -0.3 is 14.6 Å². The molecule has 0 unspecified atom stereocenters. The Balaban J connectivity index is 1.29. The van der Waals surface area contributed by atoms with E-state index in [4.69, 9.17) is 4.74 Å². The third kappa shape index (κ3) is 3.72. The standard InChI is InChI=1S/C21H22N6O2/c28-21(16-1-3-18-19(14-16)24-25-23-18)22-17-2-4-20-15(13-17)5-6-27(20)8-7-26-9-11-29-12-10-26/h1-6,13-14H,7-12H2,(H,22,28)(H,23,24,25). The van der Waals surface area contributed by atoms with Crippen molar-refractivity contribution in [3.05, 3.63) is 54.2 Å². The van der Waals surface area contributed by atoms with Crippen molar-refractivity contribution in [1.29, 1.82) is 0 Å². The predicted octanol–water partition coefficient (Wildman–Crippen LogP) is 2.50. The molecule has 0 bridgehead atoms. The van der Waals surface area contributed by atoms with Gasteiger partial charge in [0.05, 0.1) is 13.2 Å². The molecule has 1 fully saturated rings. The average Bonchev–Trinajstić information content (AvgIpc) is 3.39. The molecule has 2 N–H and O–H groups in total. The summed E-state index contributed by atoms with van der Waals surface area (Å²) in [5, 5.41) is 14.7. The molecule has 1 saturated heterocycles. The minimum absolute atomic E-state index is 0.166. The predicted molar refractivity (Wildman–Crippen MR) is 111 cm³/mol. The van der Waals surface area contributed by atoms with Crippen LogP contribution in [0.2, 0.25) is 0 Å². The van der Waals surface area contributed by atoms with Crippen molar-refractivity contribution in [3.8, 4) is 0 Å². The number of anilines is 1. The highest BCUT2D eigenvalue weighted by molar-refractivity contribution is 6.06. The molecule has 29 heavy (non-hydrogen) atoms. The van der Waals surface area contributed by atoms with Crippen LogP contribution in [0.25, 0.3) is 21.9 Å². The topological polar surface area (TPSA) is 88.1 Å². The van der Waals surface area contributed by atoms with Gasteiger partial charge in [0.1, 0.15) is 11.0 Å². The van der Waals surface area contributed by atoms with E-state index in [1.54, 1.807) is 18.2 Å². The van der Waals surface area contributed by atoms with Crippen LogP contribution in [0.15, 0.2) is 48.7 Å². The smallest absolute Gasteiger partial charge is 0.255 e. The Hall–Kier alpha value is -3.23. The summed E-state index contributed by atoms with van der Waals surface area (Å²) in [6, 6.07) is 13.4. The Morgan fingerprint density at radius 3 is 2.79 bits per heavy atom. The molecular weight excluding hydrogens is 368 g/mol. The summed E-state index contributed by atoms with van der Waals surface area (Å²) in [6.07, 6.45) is 2.11. The van der Waals surface area contributed by atoms with Crippen LogP contribution in [0.3, 0.4) is 0 Å². The van der Waals surface area contributed by atoms with Gasteiger partial charge >= 0.3 is 0 Å². The molecule has 0 aliphatic carbocycles. The number of morpholine rings is 1. The highest BCUT2D eigenvalue weighted by Gasteiger charge is 2.12. The maximum Gasteiger partial charge on any atom is 0.255 e. The van der Waals surface area contributed by atoms with Crippen molar-refractivity contribution in [3.63, 3.8) is 0 Å². The quantitative estimate of drug-likeness (QED) is 0.547. The average molecular weight is 390 g/mol. The van der Waals surface area contributed by atoms with Crippen molar-refractivity contribution < 1.29 is 9.53 Å². The Bertz CT molecular complexity index is 1160. The lowest BCUT2D eigenvalue weighted by atomic mass is 10.1. The van der Waals surface area contributed by atoms with Crippen molar-refractivity contribution in [1.82, 2.24) is 24.9 Å². The van der Waals surface area contributed by atoms with Crippen LogP contribution >= 0.6 is 0 Å². The molecule has 0 spiro atoms. The third-order valence-corrected chi connectivity index (χ3v) is 5.37. The second kappa shape index (κ2) is 7.65. The number of ether oxygens (including phenoxy) is 1. The van der Waals surface area contributed by atoms with E-state index in [9.17, 15) is 4.79 Å². The molecule has 0 radical (unpaired) electrons. The van der Waals surface area contributed by atoms with Gasteiger partial charge in [-0.2, -0.15) is 15.4 Å². The molecule has 8 heteroatoms. The van der Waals surface area contributed by atoms with E-state index < -0.39 is 0 Å². The van der Waals surface area contributed by atoms with Crippen molar-refractivity contribution in [2.24, 2.45) is 0 Å². The molecule has 2 aromatic carbocycles. The maximum atomic E-state index is 12.6. The number of hydrogen-bond donors (Lipinski definition) is 2. The minimum Gasteiger partial charge on any atom is -0.379 e. The number of hydrogen-bond acceptors (Lipinski definition) is 5. The normalized spacial score (nSPS) is 15.2. The molecule has 3 heterocycles. The van der Waals surface area contributed by atoms with Crippen LogP contribution in [-0.2, 0) is 11.3 Å². The van der Waals surface area contributed by atoms with E-state index >= 15 is 0 Å². The number of nitrogens with one attached hydrogen (secondary N) is 2. The van der Waals surface area contributed by atoms with Gasteiger partial charge in [-0.3, -0.25) is 9.69 Å². The van der Waals surface area contributed by atoms with Gasteiger partial charge in [-0.05, 0) is 42.5 Å². The number of carbonyl (C=O) groups is 1. The van der Waals surface area contributed by atoms with Crippen molar-refractivity contribution >= 4 is 33.5 Å². The second-order valence-corrected chi connectivity index (χ2v) is 7.22. The van der Waals surface area contributed by atoms with Gasteiger partial charge in [0.2, 0.25) is 0 Å². The maximum absolute atomic E-state index is 12.6. The fourth-order valence-electron chi connectivity index (χ4n) is 3.73. The molecule has 0 atom stereocenters. The largest absolute Gasteiger partial charge is 0.379 e. The number of H-pyrrole nitrogens is 1. The summed E-state index contributed by atoms with van der Waals surface area (Å²) in [6.45, 7) is 5.58. The lowest BCUT2D eigenvalue weighted by Gasteiger charge is -2.26. The molecule has 2 aromatic heterocycles. The van der Waals surface area contributed by atoms with E-state index in [0.717, 1.165) is 56.0 Å². The number of nitrogens with zero attached hydrogens (tertiary/aromatic N) is 4. The first-order valence-electron chi connectivity index (χ1n) is 9.77. The molecule has 1 amide bonds. The summed E-state index contributed by atoms with van der Waals surface area (Å²) >= 11 is 0. The van der Waals surface area contributed by atoms with E-state index in [0.29, 0.717) is 11.1 Å². The summed E-state index contributed by atoms with van der Waals surface area (Å²) < 4.78 is 7.67. The Morgan fingerprint density at radius 1 is 1.03 bits per heavy atom. The zero-order valence-electron chi connectivity index (χ0n) is 16.0. The number of aromatic nitrogens is 4. The first-order valence-corrected chi connectivity index (χ1v) is 9.77. The molecule has 1 aliphatic rings. The highest BCUT2D eigenvalue weighted by atomic mass is 16.5. The first kappa shape index (κ1) is 17.8. The van der Waals surface area contributed by atoms with Gasteiger partial charge in [0, 0.05) is 54.5 Å². The molecule has 8 nitrogen and oxygen atoms in total. The number of rotatable bonds is 5. The summed E-state index contributed by atoms with van der Waals surface area (Å²) in [5.41, 5.74) is 3.90. The molecular formula is C21H22N6O2. The van der Waals surface area contributed by atoms with Crippen LogP contribution in [0.5, 0.6) is 0 Å². The first-order chi connectivity index (χ1) is 14.3. The van der Waals surface area contributed by atoms with Crippen molar-refractivity contribution in [2.75, 3.05) is 38.2 Å². The lowest BCUT2D eigenvalue weighted by molar-refractivity contribution is 0.0365.